The number of ether oxygens (including phenoxy) is 2. The Kier molecular flexibility index (Phi) is 9.57. The molecule has 12 atom stereocenters. The molecule has 0 amide bonds. The Bertz CT molecular complexity index is 1340. The zero-order chi connectivity index (χ0) is 34.9. The quantitative estimate of drug-likeness (QED) is 0.163. The number of hydrogen-bond donors (Lipinski definition) is 4. The number of hydrogen-bond acceptors (Lipinski definition) is 8. The molecule has 0 aromatic carbocycles. The fraction of sp³-hybridized carbons (Fsp3) is 0.795. The number of carbonyl (C=O) groups is 2. The maximum Gasteiger partial charge on any atom is 0.330 e. The van der Waals surface area contributed by atoms with Gasteiger partial charge in [0, 0.05) is 17.6 Å². The zero-order valence-corrected chi connectivity index (χ0v) is 30.1. The molecule has 5 aliphatic rings. The summed E-state index contributed by atoms with van der Waals surface area (Å²) in [4.78, 5) is 25.2. The average Bonchev–Trinajstić information content (AvgIpc) is 2.96. The molecule has 47 heavy (non-hydrogen) atoms. The minimum atomic E-state index is -1.26. The molecule has 5 rings (SSSR count). The predicted octanol–water partition coefficient (Wildman–Crippen LogP) is 5.67. The van der Waals surface area contributed by atoms with Crippen LogP contribution >= 0.6 is 0 Å². The fourth-order valence-corrected chi connectivity index (χ4v) is 11.4. The van der Waals surface area contributed by atoms with Crippen LogP contribution in [0.4, 0.5) is 0 Å². The normalized spacial score (nSPS) is 45.1. The molecule has 0 aromatic heterocycles. The summed E-state index contributed by atoms with van der Waals surface area (Å²) in [6.07, 6.45) is 6.49. The van der Waals surface area contributed by atoms with Crippen LogP contribution in [0.2, 0.25) is 0 Å². The van der Waals surface area contributed by atoms with E-state index in [4.69, 9.17) is 9.47 Å². The second kappa shape index (κ2) is 12.4. The third-order valence-electron chi connectivity index (χ3n) is 14.0. The topological polar surface area (TPSA) is 134 Å². The van der Waals surface area contributed by atoms with Gasteiger partial charge in [-0.05, 0) is 113 Å². The molecule has 0 heterocycles. The maximum absolute atomic E-state index is 12.7. The second-order valence-corrected chi connectivity index (χ2v) is 17.9. The highest BCUT2D eigenvalue weighted by molar-refractivity contribution is 5.83. The molecule has 0 saturated heterocycles. The van der Waals surface area contributed by atoms with Crippen molar-refractivity contribution in [3.8, 4) is 0 Å². The molecule has 264 valence electrons. The van der Waals surface area contributed by atoms with Crippen molar-refractivity contribution in [2.24, 2.45) is 50.7 Å². The van der Waals surface area contributed by atoms with E-state index in [0.717, 1.165) is 36.8 Å². The molecule has 4 N–H and O–H groups in total. The van der Waals surface area contributed by atoms with Crippen molar-refractivity contribution in [1.29, 1.82) is 0 Å². The molecule has 0 radical (unpaired) electrons. The van der Waals surface area contributed by atoms with E-state index in [1.54, 1.807) is 0 Å². The summed E-state index contributed by atoms with van der Waals surface area (Å²) >= 11 is 0. The first-order chi connectivity index (χ1) is 21.7. The van der Waals surface area contributed by atoms with E-state index in [1.165, 1.54) is 17.7 Å². The van der Waals surface area contributed by atoms with Crippen LogP contribution in [0.15, 0.2) is 34.9 Å². The Hall–Kier alpha value is -2.00. The first kappa shape index (κ1) is 36.3. The highest BCUT2D eigenvalue weighted by atomic mass is 16.5. The lowest BCUT2D eigenvalue weighted by molar-refractivity contribution is -0.247. The summed E-state index contributed by atoms with van der Waals surface area (Å²) in [6.45, 7) is 18.1. The van der Waals surface area contributed by atoms with Gasteiger partial charge in [-0.3, -0.25) is 0 Å². The van der Waals surface area contributed by atoms with Crippen LogP contribution in [0.5, 0.6) is 0 Å². The van der Waals surface area contributed by atoms with E-state index in [9.17, 15) is 30.0 Å². The van der Waals surface area contributed by atoms with Gasteiger partial charge >= 0.3 is 11.9 Å². The summed E-state index contributed by atoms with van der Waals surface area (Å²) in [5, 5.41) is 46.7. The van der Waals surface area contributed by atoms with Crippen molar-refractivity contribution in [3.05, 3.63) is 34.9 Å². The molecule has 0 aliphatic heterocycles. The van der Waals surface area contributed by atoms with Crippen molar-refractivity contribution < 1.29 is 39.5 Å². The lowest BCUT2D eigenvalue weighted by atomic mass is 9.36. The SMILES string of the molecule is CC(C)=CC(=O)OC[C@@]12C(CC(C)(C)[C@@H](O)[C@@H]1O)C1=CCC3[C@@](C)(CCC4[C@]3(C)CC[C@H](O)[C@]4(C)COC(=O)C=C(C)C)C1C[C@H]2O. The minimum Gasteiger partial charge on any atom is -0.462 e. The van der Waals surface area contributed by atoms with E-state index >= 15 is 0 Å². The molecular formula is C39H60O8. The molecule has 5 aliphatic carbocycles. The molecule has 4 unspecified atom stereocenters. The molecule has 0 bridgehead atoms. The highest BCUT2D eigenvalue weighted by Crippen LogP contribution is 2.72. The maximum atomic E-state index is 12.7. The van der Waals surface area contributed by atoms with Gasteiger partial charge in [0.05, 0.1) is 36.4 Å². The number of aliphatic hydroxyl groups is 4. The van der Waals surface area contributed by atoms with Crippen LogP contribution in [0.3, 0.4) is 0 Å². The van der Waals surface area contributed by atoms with Crippen molar-refractivity contribution in [2.75, 3.05) is 13.2 Å². The smallest absolute Gasteiger partial charge is 0.330 e. The summed E-state index contributed by atoms with van der Waals surface area (Å²) in [5.41, 5.74) is 0.243. The predicted molar refractivity (Wildman–Crippen MR) is 180 cm³/mol. The van der Waals surface area contributed by atoms with Gasteiger partial charge in [-0.25, -0.2) is 9.59 Å². The molecule has 4 fully saturated rings. The van der Waals surface area contributed by atoms with Gasteiger partial charge in [-0.1, -0.05) is 57.4 Å². The number of rotatable bonds is 6. The van der Waals surface area contributed by atoms with Gasteiger partial charge in [-0.15, -0.1) is 0 Å². The Labute approximate surface area is 281 Å². The number of esters is 2. The second-order valence-electron chi connectivity index (χ2n) is 17.9. The van der Waals surface area contributed by atoms with Crippen molar-refractivity contribution in [1.82, 2.24) is 0 Å². The number of fused-ring (bicyclic) bond motifs is 7. The number of allylic oxidation sites excluding steroid dienone is 4. The summed E-state index contributed by atoms with van der Waals surface area (Å²) in [5.74, 6) is -0.647. The van der Waals surface area contributed by atoms with Crippen molar-refractivity contribution >= 4 is 11.9 Å². The Morgan fingerprint density at radius 3 is 1.94 bits per heavy atom. The standard InChI is InChI=1S/C39H60O8/c1-22(2)16-31(42)46-20-38(9)28-12-14-36(7)25-18-30(41)39(21-47-32(43)17-23(3)4)26(19-35(5,6)33(44)34(39)45)24(25)10-11-27(36)37(28,8)15-13-29(38)40/h10,16-17,25-30,33-34,40-41,44-45H,11-15,18-21H2,1-9H3/t25?,26?,27?,28?,29-,30+,33-,34-,36-,37+,38+,39-/m0/s1. The number of carbonyl (C=O) groups excluding carboxylic acids is 2. The van der Waals surface area contributed by atoms with Gasteiger partial charge < -0.3 is 29.9 Å². The average molecular weight is 657 g/mol. The lowest BCUT2D eigenvalue weighted by Gasteiger charge is -2.69. The molecule has 0 spiro atoms. The third kappa shape index (κ3) is 5.77. The van der Waals surface area contributed by atoms with Gasteiger partial charge in [0.25, 0.3) is 0 Å². The summed E-state index contributed by atoms with van der Waals surface area (Å²) in [7, 11) is 0. The van der Waals surface area contributed by atoms with E-state index < -0.39 is 46.6 Å². The van der Waals surface area contributed by atoms with Crippen LogP contribution in [0, 0.1) is 50.7 Å². The van der Waals surface area contributed by atoms with Crippen LogP contribution < -0.4 is 0 Å². The Balaban J connectivity index is 1.51. The highest BCUT2D eigenvalue weighted by Gasteiger charge is 2.69. The largest absolute Gasteiger partial charge is 0.462 e. The first-order valence-corrected chi connectivity index (χ1v) is 17.8. The van der Waals surface area contributed by atoms with E-state index in [1.807, 2.05) is 41.5 Å². The van der Waals surface area contributed by atoms with Crippen LogP contribution in [-0.4, -0.2) is 70.0 Å². The molecule has 0 aromatic rings. The fourth-order valence-electron chi connectivity index (χ4n) is 11.4. The van der Waals surface area contributed by atoms with Crippen LogP contribution in [0.1, 0.15) is 107 Å². The van der Waals surface area contributed by atoms with Gasteiger partial charge in [0.1, 0.15) is 6.61 Å². The van der Waals surface area contributed by atoms with E-state index in [0.29, 0.717) is 19.3 Å². The lowest BCUT2D eigenvalue weighted by Crippen LogP contribution is -2.69. The van der Waals surface area contributed by atoms with Crippen LogP contribution in [0.25, 0.3) is 0 Å². The summed E-state index contributed by atoms with van der Waals surface area (Å²) < 4.78 is 11.6. The minimum absolute atomic E-state index is 0.0625. The van der Waals surface area contributed by atoms with Gasteiger partial charge in [0.2, 0.25) is 0 Å². The van der Waals surface area contributed by atoms with Crippen molar-refractivity contribution in [3.63, 3.8) is 0 Å². The molecule has 8 nitrogen and oxygen atoms in total. The summed E-state index contributed by atoms with van der Waals surface area (Å²) in [6, 6.07) is 0. The molecule has 4 saturated carbocycles. The first-order valence-electron chi connectivity index (χ1n) is 17.8. The van der Waals surface area contributed by atoms with Gasteiger partial charge in [0.15, 0.2) is 0 Å². The third-order valence-corrected chi connectivity index (χ3v) is 14.0. The molecule has 8 heteroatoms. The van der Waals surface area contributed by atoms with Crippen molar-refractivity contribution in [2.45, 2.75) is 132 Å². The number of aliphatic hydroxyl groups excluding tert-OH is 4. The van der Waals surface area contributed by atoms with E-state index in [2.05, 4.69) is 26.8 Å². The Morgan fingerprint density at radius 1 is 0.766 bits per heavy atom. The molecular weight excluding hydrogens is 596 g/mol. The van der Waals surface area contributed by atoms with Crippen LogP contribution in [-0.2, 0) is 19.1 Å². The Morgan fingerprint density at radius 2 is 1.34 bits per heavy atom. The zero-order valence-electron chi connectivity index (χ0n) is 30.1. The van der Waals surface area contributed by atoms with Gasteiger partial charge in [-0.2, -0.15) is 0 Å². The monoisotopic (exact) mass is 656 g/mol. The van der Waals surface area contributed by atoms with E-state index in [-0.39, 0.29) is 53.7 Å².